The monoisotopic (exact) mass is 224 g/mol. The van der Waals surface area contributed by atoms with Gasteiger partial charge in [0.25, 0.3) is 5.91 Å². The van der Waals surface area contributed by atoms with Crippen LogP contribution in [0.5, 0.6) is 0 Å². The van der Waals surface area contributed by atoms with Crippen LogP contribution >= 0.6 is 0 Å². The number of carbonyl (C=O) groups is 2. The van der Waals surface area contributed by atoms with Gasteiger partial charge in [-0.1, -0.05) is 32.6 Å². The van der Waals surface area contributed by atoms with E-state index in [0.717, 1.165) is 23.6 Å². The van der Waals surface area contributed by atoms with E-state index in [1.54, 1.807) is 6.92 Å². The molecule has 0 radical (unpaired) electrons. The highest BCUT2D eigenvalue weighted by Gasteiger charge is 2.26. The zero-order chi connectivity index (χ0) is 12.0. The van der Waals surface area contributed by atoms with Crippen molar-refractivity contribution in [3.63, 3.8) is 0 Å². The second-order valence-corrected chi connectivity index (χ2v) is 4.28. The minimum atomic E-state index is -0.184. The maximum atomic E-state index is 11.6. The normalized spacial score (nSPS) is 15.5. The molecule has 0 aliphatic carbocycles. The highest BCUT2D eigenvalue weighted by Crippen LogP contribution is 2.12. The second-order valence-electron chi connectivity index (χ2n) is 4.28. The van der Waals surface area contributed by atoms with Gasteiger partial charge in [-0.3, -0.25) is 9.59 Å². The Morgan fingerprint density at radius 2 is 2.00 bits per heavy atom. The van der Waals surface area contributed by atoms with Gasteiger partial charge in [0.05, 0.1) is 6.42 Å². The topological polar surface area (TPSA) is 49.7 Å². The molecule has 0 aromatic rings. The van der Waals surface area contributed by atoms with Crippen LogP contribution < -0.4 is 0 Å². The molecule has 1 aliphatic rings. The van der Waals surface area contributed by atoms with Crippen molar-refractivity contribution in [3.05, 3.63) is 0 Å². The number of hydrogen-bond donors (Lipinski definition) is 0. The summed E-state index contributed by atoms with van der Waals surface area (Å²) in [6.45, 7) is 3.93. The van der Waals surface area contributed by atoms with Crippen molar-refractivity contribution in [2.24, 2.45) is 5.10 Å². The predicted octanol–water partition coefficient (Wildman–Crippen LogP) is 2.48. The minimum absolute atomic E-state index is 0.154. The summed E-state index contributed by atoms with van der Waals surface area (Å²) in [7, 11) is 0. The van der Waals surface area contributed by atoms with Crippen molar-refractivity contribution >= 4 is 17.5 Å². The summed E-state index contributed by atoms with van der Waals surface area (Å²) in [6.07, 6.45) is 6.23. The third-order valence-corrected chi connectivity index (χ3v) is 2.64. The van der Waals surface area contributed by atoms with Gasteiger partial charge in [-0.25, -0.2) is 0 Å². The van der Waals surface area contributed by atoms with Crippen LogP contribution in [0.3, 0.4) is 0 Å². The fourth-order valence-electron chi connectivity index (χ4n) is 1.74. The van der Waals surface area contributed by atoms with E-state index in [4.69, 9.17) is 0 Å². The summed E-state index contributed by atoms with van der Waals surface area (Å²) >= 11 is 0. The first-order valence-corrected chi connectivity index (χ1v) is 6.05. The maximum Gasteiger partial charge on any atom is 0.255 e. The fourth-order valence-corrected chi connectivity index (χ4v) is 1.74. The van der Waals surface area contributed by atoms with Crippen molar-refractivity contribution in [1.82, 2.24) is 5.01 Å². The van der Waals surface area contributed by atoms with E-state index in [2.05, 4.69) is 12.0 Å². The number of nitrogens with zero attached hydrogens (tertiary/aromatic N) is 2. The molecule has 1 heterocycles. The van der Waals surface area contributed by atoms with Gasteiger partial charge >= 0.3 is 0 Å². The lowest BCUT2D eigenvalue weighted by Crippen LogP contribution is -2.28. The van der Waals surface area contributed by atoms with Crippen LogP contribution in [0.4, 0.5) is 0 Å². The SMILES string of the molecule is CCCCCCCC(=O)N1N=C(C)CC1=O. The van der Waals surface area contributed by atoms with Gasteiger partial charge in [0.15, 0.2) is 0 Å². The average Bonchev–Trinajstić information content (AvgIpc) is 2.57. The summed E-state index contributed by atoms with van der Waals surface area (Å²) in [5.41, 5.74) is 0.726. The third kappa shape index (κ3) is 3.76. The van der Waals surface area contributed by atoms with Gasteiger partial charge in [-0.15, -0.1) is 0 Å². The molecule has 4 heteroatoms. The average molecular weight is 224 g/mol. The van der Waals surface area contributed by atoms with Gasteiger partial charge in [-0.2, -0.15) is 10.1 Å². The van der Waals surface area contributed by atoms with Crippen molar-refractivity contribution in [2.45, 2.75) is 58.8 Å². The molecule has 0 saturated carbocycles. The molecular formula is C12H20N2O2. The van der Waals surface area contributed by atoms with Gasteiger partial charge in [0.2, 0.25) is 5.91 Å². The standard InChI is InChI=1S/C12H20N2O2/c1-3-4-5-6-7-8-11(15)14-12(16)9-10(2)13-14/h3-9H2,1-2H3. The Hall–Kier alpha value is -1.19. The van der Waals surface area contributed by atoms with Crippen LogP contribution in [-0.2, 0) is 9.59 Å². The van der Waals surface area contributed by atoms with E-state index >= 15 is 0 Å². The lowest BCUT2D eigenvalue weighted by Gasteiger charge is -2.09. The molecule has 0 saturated heterocycles. The number of hydrazone groups is 1. The smallest absolute Gasteiger partial charge is 0.255 e. The molecule has 1 aliphatic heterocycles. The van der Waals surface area contributed by atoms with Crippen LogP contribution in [0.15, 0.2) is 5.10 Å². The quantitative estimate of drug-likeness (QED) is 0.651. The number of amides is 2. The van der Waals surface area contributed by atoms with E-state index in [1.165, 1.54) is 19.3 Å². The molecule has 0 aromatic carbocycles. The van der Waals surface area contributed by atoms with Crippen LogP contribution in [0.25, 0.3) is 0 Å². The Morgan fingerprint density at radius 1 is 1.31 bits per heavy atom. The second kappa shape index (κ2) is 6.40. The zero-order valence-electron chi connectivity index (χ0n) is 10.2. The van der Waals surface area contributed by atoms with E-state index < -0.39 is 0 Å². The number of unbranched alkanes of at least 4 members (excludes halogenated alkanes) is 4. The molecule has 0 atom stereocenters. The lowest BCUT2D eigenvalue weighted by atomic mass is 10.1. The highest BCUT2D eigenvalue weighted by atomic mass is 16.2. The minimum Gasteiger partial charge on any atom is -0.272 e. The first kappa shape index (κ1) is 12.9. The van der Waals surface area contributed by atoms with E-state index in [0.29, 0.717) is 12.8 Å². The molecule has 0 aromatic heterocycles. The number of carbonyl (C=O) groups excluding carboxylic acids is 2. The summed E-state index contributed by atoms with van der Waals surface area (Å²) in [5, 5.41) is 4.97. The fraction of sp³-hybridized carbons (Fsp3) is 0.750. The Morgan fingerprint density at radius 3 is 2.56 bits per heavy atom. The van der Waals surface area contributed by atoms with Crippen LogP contribution in [0.1, 0.15) is 58.8 Å². The Balaban J connectivity index is 2.23. The van der Waals surface area contributed by atoms with E-state index in [1.807, 2.05) is 0 Å². The molecule has 0 spiro atoms. The first-order chi connectivity index (χ1) is 7.65. The van der Waals surface area contributed by atoms with Gasteiger partial charge < -0.3 is 0 Å². The van der Waals surface area contributed by atoms with Gasteiger partial charge in [-0.05, 0) is 13.3 Å². The Kier molecular flexibility index (Phi) is 5.15. The molecule has 0 fully saturated rings. The van der Waals surface area contributed by atoms with Crippen LogP contribution in [0.2, 0.25) is 0 Å². The molecule has 16 heavy (non-hydrogen) atoms. The van der Waals surface area contributed by atoms with E-state index in [-0.39, 0.29) is 11.8 Å². The zero-order valence-corrected chi connectivity index (χ0v) is 10.2. The summed E-state index contributed by atoms with van der Waals surface area (Å²) in [4.78, 5) is 23.0. The molecule has 2 amide bonds. The third-order valence-electron chi connectivity index (χ3n) is 2.64. The molecule has 4 nitrogen and oxygen atoms in total. The van der Waals surface area contributed by atoms with Gasteiger partial charge in [0, 0.05) is 12.1 Å². The molecular weight excluding hydrogens is 204 g/mol. The molecule has 1 rings (SSSR count). The largest absolute Gasteiger partial charge is 0.272 e. The molecule has 0 bridgehead atoms. The lowest BCUT2D eigenvalue weighted by molar-refractivity contribution is -0.143. The van der Waals surface area contributed by atoms with Crippen LogP contribution in [0, 0.1) is 0 Å². The van der Waals surface area contributed by atoms with E-state index in [9.17, 15) is 9.59 Å². The van der Waals surface area contributed by atoms with Crippen LogP contribution in [-0.4, -0.2) is 22.5 Å². The summed E-state index contributed by atoms with van der Waals surface area (Å²) < 4.78 is 0. The molecule has 0 unspecified atom stereocenters. The molecule has 90 valence electrons. The predicted molar refractivity (Wildman–Crippen MR) is 63.0 cm³/mol. The van der Waals surface area contributed by atoms with Crippen molar-refractivity contribution in [3.8, 4) is 0 Å². The summed E-state index contributed by atoms with van der Waals surface area (Å²) in [6, 6.07) is 0. The van der Waals surface area contributed by atoms with Crippen molar-refractivity contribution in [1.29, 1.82) is 0 Å². The number of rotatable bonds is 6. The Labute approximate surface area is 96.7 Å². The first-order valence-electron chi connectivity index (χ1n) is 6.05. The highest BCUT2D eigenvalue weighted by molar-refractivity contribution is 6.10. The number of hydrogen-bond acceptors (Lipinski definition) is 3. The van der Waals surface area contributed by atoms with Gasteiger partial charge in [0.1, 0.15) is 0 Å². The Bertz CT molecular complexity index is 297. The summed E-state index contributed by atoms with van der Waals surface area (Å²) in [5.74, 6) is -0.339. The number of imide groups is 1. The molecule has 0 N–H and O–H groups in total. The van der Waals surface area contributed by atoms with Crippen molar-refractivity contribution < 1.29 is 9.59 Å². The maximum absolute atomic E-state index is 11.6. The van der Waals surface area contributed by atoms with Crippen molar-refractivity contribution in [2.75, 3.05) is 0 Å².